The number of carbonyl (C=O) groups is 7. The van der Waals surface area contributed by atoms with Crippen LogP contribution in [0, 0.1) is 0 Å². The summed E-state index contributed by atoms with van der Waals surface area (Å²) in [5.41, 5.74) is 1.64. The van der Waals surface area contributed by atoms with Crippen molar-refractivity contribution in [3.8, 4) is 11.3 Å². The zero-order chi connectivity index (χ0) is 34.9. The SMILES string of the molecule is O=C(CCC(=O)Nc1cccc2c1C(=O)N([C@H]1CCCC(=O)NC1=O)C2=O)NCCCCNC(=O)CNc1nc(-c2ccccc2Cl)cs1. The average Bonchev–Trinajstić information content (AvgIpc) is 3.60. The Morgan fingerprint density at radius 1 is 0.898 bits per heavy atom. The Kier molecular flexibility index (Phi) is 11.7. The predicted molar refractivity (Wildman–Crippen MR) is 182 cm³/mol. The van der Waals surface area contributed by atoms with Gasteiger partial charge in [0.1, 0.15) is 6.04 Å². The number of halogens is 1. The number of aromatic nitrogens is 1. The molecule has 49 heavy (non-hydrogen) atoms. The Morgan fingerprint density at radius 2 is 1.61 bits per heavy atom. The molecule has 0 bridgehead atoms. The number of anilines is 2. The van der Waals surface area contributed by atoms with Gasteiger partial charge in [0.05, 0.1) is 29.1 Å². The normalized spacial score (nSPS) is 15.7. The molecule has 1 fully saturated rings. The van der Waals surface area contributed by atoms with E-state index in [1.807, 2.05) is 23.6 Å². The minimum atomic E-state index is -1.14. The van der Waals surface area contributed by atoms with Crippen LogP contribution >= 0.6 is 22.9 Å². The highest BCUT2D eigenvalue weighted by molar-refractivity contribution is 7.14. The van der Waals surface area contributed by atoms with E-state index in [1.54, 1.807) is 6.07 Å². The zero-order valence-corrected chi connectivity index (χ0v) is 27.9. The summed E-state index contributed by atoms with van der Waals surface area (Å²) in [7, 11) is 0. The molecule has 14 nitrogen and oxygen atoms in total. The van der Waals surface area contributed by atoms with Crippen LogP contribution in [0.1, 0.15) is 65.7 Å². The van der Waals surface area contributed by atoms with Crippen molar-refractivity contribution in [1.29, 1.82) is 0 Å². The number of thiazole rings is 1. The highest BCUT2D eigenvalue weighted by atomic mass is 35.5. The number of rotatable bonds is 14. The summed E-state index contributed by atoms with van der Waals surface area (Å²) in [5, 5.41) is 16.4. The van der Waals surface area contributed by atoms with Crippen LogP contribution in [0.4, 0.5) is 10.8 Å². The smallest absolute Gasteiger partial charge is 0.264 e. The van der Waals surface area contributed by atoms with Crippen LogP contribution in [0.3, 0.4) is 0 Å². The van der Waals surface area contributed by atoms with E-state index in [4.69, 9.17) is 11.6 Å². The summed E-state index contributed by atoms with van der Waals surface area (Å²) in [6, 6.07) is 10.7. The first-order valence-electron chi connectivity index (χ1n) is 15.7. The first-order chi connectivity index (χ1) is 23.6. The van der Waals surface area contributed by atoms with Gasteiger partial charge in [0.25, 0.3) is 11.8 Å². The second-order valence-electron chi connectivity index (χ2n) is 11.4. The molecular formula is C33H34ClN7O7S. The molecule has 2 aromatic carbocycles. The molecule has 0 unspecified atom stereocenters. The van der Waals surface area contributed by atoms with Crippen LogP contribution in [-0.2, 0) is 24.0 Å². The molecule has 2 aliphatic rings. The number of carbonyl (C=O) groups excluding carboxylic acids is 7. The molecule has 0 aliphatic carbocycles. The number of benzene rings is 2. The number of fused-ring (bicyclic) bond motifs is 1. The van der Waals surface area contributed by atoms with E-state index in [2.05, 4.69) is 31.6 Å². The molecule has 0 saturated carbocycles. The van der Waals surface area contributed by atoms with Crippen molar-refractivity contribution < 1.29 is 33.6 Å². The molecule has 256 valence electrons. The van der Waals surface area contributed by atoms with Gasteiger partial charge >= 0.3 is 0 Å². The Labute approximate surface area is 290 Å². The van der Waals surface area contributed by atoms with Crippen molar-refractivity contribution in [2.24, 2.45) is 0 Å². The molecule has 0 spiro atoms. The van der Waals surface area contributed by atoms with Crippen LogP contribution in [0.25, 0.3) is 11.3 Å². The quantitative estimate of drug-likeness (QED) is 0.124. The van der Waals surface area contributed by atoms with Gasteiger partial charge < -0.3 is 21.3 Å². The summed E-state index contributed by atoms with van der Waals surface area (Å²) in [5.74, 6) is -3.67. The van der Waals surface area contributed by atoms with Gasteiger partial charge in [-0.15, -0.1) is 11.3 Å². The van der Waals surface area contributed by atoms with Gasteiger partial charge in [-0.2, -0.15) is 0 Å². The van der Waals surface area contributed by atoms with E-state index in [9.17, 15) is 33.6 Å². The maximum absolute atomic E-state index is 13.3. The molecule has 7 amide bonds. The molecule has 5 rings (SSSR count). The second kappa shape index (κ2) is 16.3. The fraction of sp³-hybridized carbons (Fsp3) is 0.333. The highest BCUT2D eigenvalue weighted by Gasteiger charge is 2.45. The monoisotopic (exact) mass is 707 g/mol. The Balaban J connectivity index is 0.976. The van der Waals surface area contributed by atoms with Crippen molar-refractivity contribution in [1.82, 2.24) is 25.8 Å². The largest absolute Gasteiger partial charge is 0.356 e. The third-order valence-electron chi connectivity index (χ3n) is 7.86. The first-order valence-corrected chi connectivity index (χ1v) is 17.0. The molecular weight excluding hydrogens is 674 g/mol. The van der Waals surface area contributed by atoms with Crippen LogP contribution in [-0.4, -0.2) is 76.9 Å². The minimum Gasteiger partial charge on any atom is -0.356 e. The molecule has 2 aliphatic heterocycles. The van der Waals surface area contributed by atoms with E-state index in [0.29, 0.717) is 42.5 Å². The van der Waals surface area contributed by atoms with E-state index in [0.717, 1.165) is 16.2 Å². The van der Waals surface area contributed by atoms with E-state index in [1.165, 1.54) is 29.5 Å². The van der Waals surface area contributed by atoms with Gasteiger partial charge in [0.15, 0.2) is 5.13 Å². The van der Waals surface area contributed by atoms with Gasteiger partial charge in [0, 0.05) is 48.3 Å². The van der Waals surface area contributed by atoms with E-state index < -0.39 is 35.6 Å². The lowest BCUT2D eigenvalue weighted by molar-refractivity contribution is -0.131. The lowest BCUT2D eigenvalue weighted by Gasteiger charge is -2.23. The first kappa shape index (κ1) is 35.2. The number of imide groups is 2. The van der Waals surface area contributed by atoms with Crippen molar-refractivity contribution in [2.75, 3.05) is 30.3 Å². The number of hydrogen-bond donors (Lipinski definition) is 5. The molecule has 0 radical (unpaired) electrons. The summed E-state index contributed by atoms with van der Waals surface area (Å²) in [4.78, 5) is 93.1. The summed E-state index contributed by atoms with van der Waals surface area (Å²) in [6.45, 7) is 0.839. The Morgan fingerprint density at radius 3 is 2.39 bits per heavy atom. The maximum atomic E-state index is 13.3. The molecule has 1 atom stereocenters. The predicted octanol–water partition coefficient (Wildman–Crippen LogP) is 3.10. The second-order valence-corrected chi connectivity index (χ2v) is 12.6. The van der Waals surface area contributed by atoms with E-state index in [-0.39, 0.29) is 60.9 Å². The van der Waals surface area contributed by atoms with Crippen LogP contribution in [0.15, 0.2) is 47.8 Å². The lowest BCUT2D eigenvalue weighted by atomic mass is 10.1. The van der Waals surface area contributed by atoms with Crippen molar-refractivity contribution >= 4 is 75.1 Å². The molecule has 1 saturated heterocycles. The molecule has 3 aromatic rings. The number of amides is 7. The fourth-order valence-corrected chi connectivity index (χ4v) is 6.35. The summed E-state index contributed by atoms with van der Waals surface area (Å²) >= 11 is 7.60. The summed E-state index contributed by atoms with van der Waals surface area (Å²) < 4.78 is 0. The van der Waals surface area contributed by atoms with Gasteiger partial charge in [0.2, 0.25) is 29.5 Å². The summed E-state index contributed by atoms with van der Waals surface area (Å²) in [6.07, 6.45) is 1.55. The molecule has 3 heterocycles. The third-order valence-corrected chi connectivity index (χ3v) is 8.99. The topological polar surface area (TPSA) is 196 Å². The molecule has 5 N–H and O–H groups in total. The number of hydrogen-bond acceptors (Lipinski definition) is 10. The molecule has 1 aromatic heterocycles. The lowest BCUT2D eigenvalue weighted by Crippen LogP contribution is -2.49. The van der Waals surface area contributed by atoms with Crippen LogP contribution in [0.5, 0.6) is 0 Å². The van der Waals surface area contributed by atoms with Crippen LogP contribution in [0.2, 0.25) is 5.02 Å². The number of unbranched alkanes of at least 4 members (excludes halogenated alkanes) is 1. The van der Waals surface area contributed by atoms with Gasteiger partial charge in [-0.1, -0.05) is 35.9 Å². The zero-order valence-electron chi connectivity index (χ0n) is 26.3. The average molecular weight is 708 g/mol. The van der Waals surface area contributed by atoms with Crippen molar-refractivity contribution in [3.63, 3.8) is 0 Å². The van der Waals surface area contributed by atoms with E-state index >= 15 is 0 Å². The van der Waals surface area contributed by atoms with Gasteiger partial charge in [-0.05, 0) is 43.9 Å². The van der Waals surface area contributed by atoms with Crippen molar-refractivity contribution in [3.05, 3.63) is 64.0 Å². The molecule has 16 heteroatoms. The Hall–Kier alpha value is -5.15. The minimum absolute atomic E-state index is 0.0395. The third kappa shape index (κ3) is 8.86. The Bertz CT molecular complexity index is 1800. The highest BCUT2D eigenvalue weighted by Crippen LogP contribution is 2.33. The number of nitrogens with one attached hydrogen (secondary N) is 5. The van der Waals surface area contributed by atoms with Crippen LogP contribution < -0.4 is 26.6 Å². The van der Waals surface area contributed by atoms with Gasteiger partial charge in [-0.3, -0.25) is 43.8 Å². The van der Waals surface area contributed by atoms with Crippen molar-refractivity contribution in [2.45, 2.75) is 51.0 Å². The fourth-order valence-electron chi connectivity index (χ4n) is 5.41. The standard InChI is InChI=1S/C33H34ClN7O7S/c34-21-9-2-1-7-19(21)23-18-49-33(39-23)37-17-28(45)36-16-4-3-15-35-25(42)13-14-27(44)38-22-10-5-8-20-29(22)32(48)41(31(20)47)24-11-6-12-26(43)40-30(24)46/h1-2,5,7-10,18,24H,3-4,6,11-17H2,(H,35,42)(H,36,45)(H,37,39)(H,38,44)(H,40,43,46)/t24-/m0/s1. The van der Waals surface area contributed by atoms with Gasteiger partial charge in [-0.25, -0.2) is 4.98 Å². The number of nitrogens with zero attached hydrogens (tertiary/aromatic N) is 2. The maximum Gasteiger partial charge on any atom is 0.264 e.